The highest BCUT2D eigenvalue weighted by Gasteiger charge is 2.13. The molecule has 0 saturated heterocycles. The zero-order chi connectivity index (χ0) is 16.9. The lowest BCUT2D eigenvalue weighted by Crippen LogP contribution is -2.21. The van der Waals surface area contributed by atoms with Crippen molar-refractivity contribution in [3.05, 3.63) is 70.2 Å². The van der Waals surface area contributed by atoms with Gasteiger partial charge in [-0.25, -0.2) is 0 Å². The van der Waals surface area contributed by atoms with Crippen molar-refractivity contribution in [1.29, 1.82) is 0 Å². The summed E-state index contributed by atoms with van der Waals surface area (Å²) in [7, 11) is 0. The molecule has 1 N–H and O–H groups in total. The number of carbonyl (C=O) groups excluding carboxylic acids is 1. The van der Waals surface area contributed by atoms with E-state index in [1.54, 1.807) is 30.5 Å². The summed E-state index contributed by atoms with van der Waals surface area (Å²) in [6.45, 7) is 0.288. The first-order chi connectivity index (χ1) is 11.6. The Morgan fingerprint density at radius 3 is 2.75 bits per heavy atom. The molecule has 7 heteroatoms. The number of aryl methyl sites for hydroxylation is 1. The molecule has 2 aromatic heterocycles. The lowest BCUT2D eigenvalue weighted by atomic mass is 10.1. The van der Waals surface area contributed by atoms with Gasteiger partial charge in [-0.15, -0.1) is 0 Å². The summed E-state index contributed by atoms with van der Waals surface area (Å²) in [4.78, 5) is 23.7. The quantitative estimate of drug-likeness (QED) is 0.771. The maximum absolute atomic E-state index is 12.1. The number of nitrogens with one attached hydrogen (secondary N) is 1. The van der Waals surface area contributed by atoms with Crippen LogP contribution in [-0.2, 0) is 11.3 Å². The molecule has 6 nitrogen and oxygen atoms in total. The summed E-state index contributed by atoms with van der Waals surface area (Å²) in [6.07, 6.45) is 3.31. The predicted octanol–water partition coefficient (Wildman–Crippen LogP) is 3.19. The van der Waals surface area contributed by atoms with E-state index in [9.17, 15) is 9.59 Å². The van der Waals surface area contributed by atoms with Crippen LogP contribution in [0.15, 0.2) is 64.2 Å². The first kappa shape index (κ1) is 16.0. The molecule has 0 radical (unpaired) electrons. The Morgan fingerprint density at radius 1 is 1.21 bits per heavy atom. The summed E-state index contributed by atoms with van der Waals surface area (Å²) in [6, 6.07) is 12.0. The van der Waals surface area contributed by atoms with Crippen molar-refractivity contribution >= 4 is 23.4 Å². The van der Waals surface area contributed by atoms with Crippen LogP contribution in [0, 0.1) is 0 Å². The normalized spacial score (nSPS) is 10.5. The molecule has 0 saturated carbocycles. The SMILES string of the molecule is O=C(CCn1ccccc1=O)Nc1oncc1-c1ccc(Cl)cc1. The Labute approximate surface area is 142 Å². The van der Waals surface area contributed by atoms with Gasteiger partial charge in [0.05, 0.1) is 11.8 Å². The smallest absolute Gasteiger partial charge is 0.250 e. The molecule has 0 bridgehead atoms. The van der Waals surface area contributed by atoms with Crippen LogP contribution in [0.1, 0.15) is 6.42 Å². The molecule has 0 spiro atoms. The Morgan fingerprint density at radius 2 is 2.00 bits per heavy atom. The average molecular weight is 344 g/mol. The molecule has 3 aromatic rings. The molecule has 0 aliphatic rings. The van der Waals surface area contributed by atoms with E-state index >= 15 is 0 Å². The number of carbonyl (C=O) groups is 1. The second-order valence-electron chi connectivity index (χ2n) is 5.11. The van der Waals surface area contributed by atoms with Crippen LogP contribution >= 0.6 is 11.6 Å². The summed E-state index contributed by atoms with van der Waals surface area (Å²) in [5, 5.41) is 7.02. The van der Waals surface area contributed by atoms with E-state index in [0.29, 0.717) is 10.6 Å². The second kappa shape index (κ2) is 7.14. The number of nitrogens with zero attached hydrogens (tertiary/aromatic N) is 2. The standard InChI is InChI=1S/C17H14ClN3O3/c18-13-6-4-12(5-7-13)14-11-19-24-17(14)20-15(22)8-10-21-9-2-1-3-16(21)23/h1-7,9,11H,8,10H2,(H,20,22). The highest BCUT2D eigenvalue weighted by molar-refractivity contribution is 6.30. The summed E-state index contributed by atoms with van der Waals surface area (Å²) >= 11 is 5.87. The Kier molecular flexibility index (Phi) is 4.77. The average Bonchev–Trinajstić information content (AvgIpc) is 3.03. The number of amides is 1. The van der Waals surface area contributed by atoms with Crippen molar-refractivity contribution < 1.29 is 9.32 Å². The summed E-state index contributed by atoms with van der Waals surface area (Å²) in [5.41, 5.74) is 1.35. The number of benzene rings is 1. The predicted molar refractivity (Wildman–Crippen MR) is 90.9 cm³/mol. The van der Waals surface area contributed by atoms with Gasteiger partial charge < -0.3 is 9.09 Å². The van der Waals surface area contributed by atoms with E-state index in [4.69, 9.17) is 16.1 Å². The molecule has 0 unspecified atom stereocenters. The topological polar surface area (TPSA) is 77.1 Å². The van der Waals surface area contributed by atoms with Gasteiger partial charge in [0.15, 0.2) is 0 Å². The zero-order valence-electron chi connectivity index (χ0n) is 12.6. The van der Waals surface area contributed by atoms with Crippen LogP contribution in [0.4, 0.5) is 5.88 Å². The third-order valence-electron chi connectivity index (χ3n) is 3.46. The van der Waals surface area contributed by atoms with Gasteiger partial charge in [0.25, 0.3) is 5.56 Å². The number of halogens is 1. The van der Waals surface area contributed by atoms with Gasteiger partial charge in [-0.1, -0.05) is 35.0 Å². The Balaban J connectivity index is 1.67. The maximum atomic E-state index is 12.1. The third-order valence-corrected chi connectivity index (χ3v) is 3.71. The Bertz CT molecular complexity index is 900. The fourth-order valence-electron chi connectivity index (χ4n) is 2.22. The van der Waals surface area contributed by atoms with E-state index < -0.39 is 0 Å². The van der Waals surface area contributed by atoms with Crippen molar-refractivity contribution in [3.8, 4) is 11.1 Å². The fraction of sp³-hybridized carbons (Fsp3) is 0.118. The molecule has 0 aliphatic heterocycles. The van der Waals surface area contributed by atoms with Crippen LogP contribution < -0.4 is 10.9 Å². The number of rotatable bonds is 5. The monoisotopic (exact) mass is 343 g/mol. The summed E-state index contributed by atoms with van der Waals surface area (Å²) < 4.78 is 6.58. The zero-order valence-corrected chi connectivity index (χ0v) is 13.4. The minimum atomic E-state index is -0.266. The minimum absolute atomic E-state index is 0.144. The number of anilines is 1. The van der Waals surface area contributed by atoms with Crippen LogP contribution in [0.3, 0.4) is 0 Å². The summed E-state index contributed by atoms with van der Waals surface area (Å²) in [5.74, 6) is 0.000414. The second-order valence-corrected chi connectivity index (χ2v) is 5.54. The molecule has 0 atom stereocenters. The minimum Gasteiger partial charge on any atom is -0.338 e. The van der Waals surface area contributed by atoms with Gasteiger partial charge in [0.1, 0.15) is 0 Å². The number of hydrogen-bond donors (Lipinski definition) is 1. The molecule has 122 valence electrons. The molecule has 1 amide bonds. The first-order valence-corrected chi connectivity index (χ1v) is 7.67. The molecule has 24 heavy (non-hydrogen) atoms. The third kappa shape index (κ3) is 3.72. The van der Waals surface area contributed by atoms with Crippen molar-refractivity contribution in [2.24, 2.45) is 0 Å². The van der Waals surface area contributed by atoms with Gasteiger partial charge in [-0.2, -0.15) is 0 Å². The van der Waals surface area contributed by atoms with E-state index in [0.717, 1.165) is 5.56 Å². The van der Waals surface area contributed by atoms with Crippen molar-refractivity contribution in [3.63, 3.8) is 0 Å². The molecular formula is C17H14ClN3O3. The first-order valence-electron chi connectivity index (χ1n) is 7.29. The largest absolute Gasteiger partial charge is 0.338 e. The highest BCUT2D eigenvalue weighted by atomic mass is 35.5. The van der Waals surface area contributed by atoms with E-state index in [2.05, 4.69) is 10.5 Å². The highest BCUT2D eigenvalue weighted by Crippen LogP contribution is 2.28. The molecular weight excluding hydrogens is 330 g/mol. The van der Waals surface area contributed by atoms with Gasteiger partial charge in [-0.05, 0) is 23.8 Å². The van der Waals surface area contributed by atoms with E-state index in [-0.39, 0.29) is 30.3 Å². The van der Waals surface area contributed by atoms with Crippen molar-refractivity contribution in [2.45, 2.75) is 13.0 Å². The lowest BCUT2D eigenvalue weighted by molar-refractivity contribution is -0.116. The molecule has 2 heterocycles. The fourth-order valence-corrected chi connectivity index (χ4v) is 2.35. The van der Waals surface area contributed by atoms with Crippen LogP contribution in [0.25, 0.3) is 11.1 Å². The van der Waals surface area contributed by atoms with Gasteiger partial charge in [0, 0.05) is 30.3 Å². The Hall–Kier alpha value is -2.86. The van der Waals surface area contributed by atoms with Crippen LogP contribution in [0.2, 0.25) is 5.02 Å². The van der Waals surface area contributed by atoms with Crippen LogP contribution in [-0.4, -0.2) is 15.6 Å². The van der Waals surface area contributed by atoms with Gasteiger partial charge in [0.2, 0.25) is 11.8 Å². The van der Waals surface area contributed by atoms with Gasteiger partial charge >= 0.3 is 0 Å². The van der Waals surface area contributed by atoms with Crippen molar-refractivity contribution in [2.75, 3.05) is 5.32 Å². The van der Waals surface area contributed by atoms with Crippen molar-refractivity contribution in [1.82, 2.24) is 9.72 Å². The number of pyridine rings is 1. The van der Waals surface area contributed by atoms with Gasteiger partial charge in [-0.3, -0.25) is 14.9 Å². The molecule has 0 aliphatic carbocycles. The van der Waals surface area contributed by atoms with E-state index in [1.807, 2.05) is 12.1 Å². The number of hydrogen-bond acceptors (Lipinski definition) is 4. The van der Waals surface area contributed by atoms with E-state index in [1.165, 1.54) is 16.8 Å². The maximum Gasteiger partial charge on any atom is 0.250 e. The molecule has 3 rings (SSSR count). The lowest BCUT2D eigenvalue weighted by Gasteiger charge is -2.06. The molecule has 1 aromatic carbocycles. The number of aromatic nitrogens is 2. The molecule has 0 fully saturated rings. The van der Waals surface area contributed by atoms with Crippen LogP contribution in [0.5, 0.6) is 0 Å².